The van der Waals surface area contributed by atoms with Crippen molar-refractivity contribution in [1.29, 1.82) is 0 Å². The summed E-state index contributed by atoms with van der Waals surface area (Å²) < 4.78 is 6.79. The zero-order chi connectivity index (χ0) is 11.8. The number of methoxy groups -OCH3 is 1. The van der Waals surface area contributed by atoms with E-state index >= 15 is 0 Å². The maximum atomic E-state index is 5.06. The average molecular weight is 229 g/mol. The molecule has 0 bridgehead atoms. The first-order valence-corrected chi connectivity index (χ1v) is 5.16. The molecule has 17 heavy (non-hydrogen) atoms. The first kappa shape index (κ1) is 9.83. The molecule has 6 heteroatoms. The van der Waals surface area contributed by atoms with E-state index in [4.69, 9.17) is 4.74 Å². The Labute approximate surface area is 97.3 Å². The Morgan fingerprint density at radius 1 is 1.29 bits per heavy atom. The maximum absolute atomic E-state index is 5.06. The zero-order valence-corrected chi connectivity index (χ0v) is 9.51. The van der Waals surface area contributed by atoms with E-state index in [1.165, 1.54) is 0 Å². The summed E-state index contributed by atoms with van der Waals surface area (Å²) in [5, 5.41) is 4.11. The van der Waals surface area contributed by atoms with Crippen LogP contribution in [0.5, 0.6) is 5.88 Å². The number of aryl methyl sites for hydroxylation is 1. The van der Waals surface area contributed by atoms with Crippen molar-refractivity contribution in [2.45, 2.75) is 0 Å². The fourth-order valence-electron chi connectivity index (χ4n) is 1.67. The number of rotatable bonds is 2. The van der Waals surface area contributed by atoms with Crippen LogP contribution in [0.4, 0.5) is 0 Å². The Morgan fingerprint density at radius 3 is 2.88 bits per heavy atom. The third-order valence-corrected chi connectivity index (χ3v) is 2.51. The topological polar surface area (TPSA) is 68.6 Å². The highest BCUT2D eigenvalue weighted by Gasteiger charge is 2.08. The number of ether oxygens (including phenoxy) is 1. The molecule has 3 aromatic heterocycles. The van der Waals surface area contributed by atoms with Gasteiger partial charge in [-0.3, -0.25) is 4.68 Å². The highest BCUT2D eigenvalue weighted by molar-refractivity contribution is 5.76. The highest BCUT2D eigenvalue weighted by Crippen LogP contribution is 2.20. The van der Waals surface area contributed by atoms with Gasteiger partial charge >= 0.3 is 0 Å². The molecule has 0 spiro atoms. The van der Waals surface area contributed by atoms with Crippen molar-refractivity contribution < 1.29 is 4.74 Å². The largest absolute Gasteiger partial charge is 0.481 e. The Balaban J connectivity index is 2.13. The smallest absolute Gasteiger partial charge is 0.215 e. The van der Waals surface area contributed by atoms with E-state index in [1.807, 2.05) is 19.3 Å². The molecule has 0 unspecified atom stereocenters. The molecular formula is C11H11N5O. The summed E-state index contributed by atoms with van der Waals surface area (Å²) in [6.07, 6.45) is 3.66. The number of H-pyrrole nitrogens is 1. The van der Waals surface area contributed by atoms with Gasteiger partial charge < -0.3 is 9.72 Å². The van der Waals surface area contributed by atoms with E-state index in [9.17, 15) is 0 Å². The van der Waals surface area contributed by atoms with E-state index in [-0.39, 0.29) is 0 Å². The quantitative estimate of drug-likeness (QED) is 0.720. The summed E-state index contributed by atoms with van der Waals surface area (Å²) in [6.45, 7) is 0. The summed E-state index contributed by atoms with van der Waals surface area (Å²) in [6, 6.07) is 3.70. The van der Waals surface area contributed by atoms with E-state index in [0.717, 1.165) is 16.9 Å². The first-order valence-electron chi connectivity index (χ1n) is 5.16. The number of fused-ring (bicyclic) bond motifs is 1. The van der Waals surface area contributed by atoms with Crippen molar-refractivity contribution in [3.05, 3.63) is 24.5 Å². The molecule has 0 aliphatic carbocycles. The molecule has 3 rings (SSSR count). The second kappa shape index (κ2) is 3.58. The monoisotopic (exact) mass is 229 g/mol. The fourth-order valence-corrected chi connectivity index (χ4v) is 1.67. The van der Waals surface area contributed by atoms with Gasteiger partial charge in [0.1, 0.15) is 5.82 Å². The van der Waals surface area contributed by atoms with Gasteiger partial charge in [-0.15, -0.1) is 0 Å². The van der Waals surface area contributed by atoms with Crippen LogP contribution >= 0.6 is 0 Å². The van der Waals surface area contributed by atoms with Crippen LogP contribution < -0.4 is 4.74 Å². The number of aromatic nitrogens is 5. The van der Waals surface area contributed by atoms with Gasteiger partial charge in [-0.1, -0.05) is 0 Å². The van der Waals surface area contributed by atoms with Gasteiger partial charge in [0.15, 0.2) is 5.65 Å². The van der Waals surface area contributed by atoms with Gasteiger partial charge in [-0.25, -0.2) is 4.98 Å². The second-order valence-electron chi connectivity index (χ2n) is 3.71. The Morgan fingerprint density at radius 2 is 2.18 bits per heavy atom. The van der Waals surface area contributed by atoms with Crippen molar-refractivity contribution in [3.8, 4) is 17.3 Å². The minimum Gasteiger partial charge on any atom is -0.481 e. The summed E-state index contributed by atoms with van der Waals surface area (Å²) >= 11 is 0. The van der Waals surface area contributed by atoms with Crippen molar-refractivity contribution >= 4 is 11.2 Å². The van der Waals surface area contributed by atoms with Gasteiger partial charge in [-0.05, 0) is 6.07 Å². The number of nitrogens with one attached hydrogen (secondary N) is 1. The van der Waals surface area contributed by atoms with E-state index < -0.39 is 0 Å². The lowest BCUT2D eigenvalue weighted by molar-refractivity contribution is 0.399. The molecule has 0 aliphatic heterocycles. The third-order valence-electron chi connectivity index (χ3n) is 2.51. The van der Waals surface area contributed by atoms with E-state index in [0.29, 0.717) is 11.5 Å². The maximum Gasteiger partial charge on any atom is 0.215 e. The van der Waals surface area contributed by atoms with Gasteiger partial charge in [0.25, 0.3) is 0 Å². The SMILES string of the molecule is COc1ccc2[nH]c(-c3cnn(C)c3)nc2n1. The Hall–Kier alpha value is -2.37. The molecule has 1 N–H and O–H groups in total. The molecule has 0 saturated carbocycles. The van der Waals surface area contributed by atoms with Gasteiger partial charge in [-0.2, -0.15) is 10.1 Å². The molecule has 3 aromatic rings. The van der Waals surface area contributed by atoms with E-state index in [1.54, 1.807) is 24.1 Å². The minimum absolute atomic E-state index is 0.557. The van der Waals surface area contributed by atoms with Gasteiger partial charge in [0, 0.05) is 19.3 Å². The number of hydrogen-bond donors (Lipinski definition) is 1. The number of pyridine rings is 1. The van der Waals surface area contributed by atoms with Gasteiger partial charge in [0.2, 0.25) is 5.88 Å². The number of aromatic amines is 1. The van der Waals surface area contributed by atoms with Crippen molar-refractivity contribution in [2.75, 3.05) is 7.11 Å². The van der Waals surface area contributed by atoms with Crippen LogP contribution in [-0.4, -0.2) is 31.8 Å². The van der Waals surface area contributed by atoms with Crippen LogP contribution in [0, 0.1) is 0 Å². The van der Waals surface area contributed by atoms with Gasteiger partial charge in [0.05, 0.1) is 24.4 Å². The molecule has 0 aliphatic rings. The lowest BCUT2D eigenvalue weighted by Gasteiger charge is -1.95. The van der Waals surface area contributed by atoms with Crippen LogP contribution in [0.3, 0.4) is 0 Å². The fraction of sp³-hybridized carbons (Fsp3) is 0.182. The molecule has 0 aromatic carbocycles. The third kappa shape index (κ3) is 1.63. The average Bonchev–Trinajstić information content (AvgIpc) is 2.93. The predicted octanol–water partition coefficient (Wildman–Crippen LogP) is 1.37. The van der Waals surface area contributed by atoms with Crippen LogP contribution in [0.1, 0.15) is 0 Å². The van der Waals surface area contributed by atoms with Crippen molar-refractivity contribution in [1.82, 2.24) is 24.7 Å². The van der Waals surface area contributed by atoms with Crippen molar-refractivity contribution in [3.63, 3.8) is 0 Å². The first-order chi connectivity index (χ1) is 8.26. The summed E-state index contributed by atoms with van der Waals surface area (Å²) in [5.74, 6) is 1.32. The molecule has 0 amide bonds. The van der Waals surface area contributed by atoms with Crippen molar-refractivity contribution in [2.24, 2.45) is 7.05 Å². The van der Waals surface area contributed by atoms with E-state index in [2.05, 4.69) is 20.1 Å². The summed E-state index contributed by atoms with van der Waals surface area (Å²) in [4.78, 5) is 11.9. The van der Waals surface area contributed by atoms with Crippen LogP contribution in [0.15, 0.2) is 24.5 Å². The van der Waals surface area contributed by atoms with Crippen LogP contribution in [0.25, 0.3) is 22.6 Å². The predicted molar refractivity (Wildman–Crippen MR) is 62.6 cm³/mol. The normalized spacial score (nSPS) is 10.9. The number of imidazole rings is 1. The zero-order valence-electron chi connectivity index (χ0n) is 9.51. The van der Waals surface area contributed by atoms with Crippen LogP contribution in [-0.2, 0) is 7.05 Å². The number of hydrogen-bond acceptors (Lipinski definition) is 4. The second-order valence-corrected chi connectivity index (χ2v) is 3.71. The molecule has 3 heterocycles. The van der Waals surface area contributed by atoms with Crippen LogP contribution in [0.2, 0.25) is 0 Å². The Kier molecular flexibility index (Phi) is 2.07. The molecule has 86 valence electrons. The summed E-state index contributed by atoms with van der Waals surface area (Å²) in [5.41, 5.74) is 2.46. The molecular weight excluding hydrogens is 218 g/mol. The Bertz CT molecular complexity index is 669. The summed E-state index contributed by atoms with van der Waals surface area (Å²) in [7, 11) is 3.45. The lowest BCUT2D eigenvalue weighted by atomic mass is 10.3. The molecule has 0 radical (unpaired) electrons. The minimum atomic E-state index is 0.557. The number of nitrogens with zero attached hydrogens (tertiary/aromatic N) is 4. The standard InChI is InChI=1S/C11H11N5O/c1-16-6-7(5-12-16)10-13-8-3-4-9(17-2)14-11(8)15-10/h3-6H,1-2H3,(H,13,14,15). The lowest BCUT2D eigenvalue weighted by Crippen LogP contribution is -1.86. The highest BCUT2D eigenvalue weighted by atomic mass is 16.5. The molecule has 6 nitrogen and oxygen atoms in total. The molecule has 0 fully saturated rings. The molecule has 0 atom stereocenters. The molecule has 0 saturated heterocycles.